The quantitative estimate of drug-likeness (QED) is 0.891. The average molecular weight is 254 g/mol. The van der Waals surface area contributed by atoms with Crippen LogP contribution in [0.4, 0.5) is 0 Å². The van der Waals surface area contributed by atoms with Gasteiger partial charge >= 0.3 is 0 Å². The molecule has 0 aliphatic carbocycles. The van der Waals surface area contributed by atoms with Crippen LogP contribution < -0.4 is 5.32 Å². The monoisotopic (exact) mass is 253 g/mol. The molecule has 2 nitrogen and oxygen atoms in total. The highest BCUT2D eigenvalue weighted by Gasteiger charge is 2.24. The molecule has 0 amide bonds. The lowest BCUT2D eigenvalue weighted by Crippen LogP contribution is -2.43. The largest absolute Gasteiger partial charge is 0.381 e. The van der Waals surface area contributed by atoms with E-state index in [4.69, 9.17) is 16.3 Å². The molecule has 17 heavy (non-hydrogen) atoms. The molecule has 0 spiro atoms. The molecular weight excluding hydrogens is 234 g/mol. The van der Waals surface area contributed by atoms with E-state index in [0.717, 1.165) is 37.6 Å². The molecule has 2 rings (SSSR count). The van der Waals surface area contributed by atoms with Crippen LogP contribution in [0.25, 0.3) is 0 Å². The Morgan fingerprint density at radius 3 is 3.12 bits per heavy atom. The molecule has 0 radical (unpaired) electrons. The minimum Gasteiger partial charge on any atom is -0.381 e. The molecule has 1 aliphatic heterocycles. The minimum atomic E-state index is 0.558. The van der Waals surface area contributed by atoms with Gasteiger partial charge in [-0.05, 0) is 37.1 Å². The molecule has 0 bridgehead atoms. The molecule has 94 valence electrons. The van der Waals surface area contributed by atoms with Crippen LogP contribution in [0.5, 0.6) is 0 Å². The predicted octanol–water partition coefficient (Wildman–Crippen LogP) is 2.90. The first-order valence-electron chi connectivity index (χ1n) is 6.35. The van der Waals surface area contributed by atoms with E-state index in [1.807, 2.05) is 12.1 Å². The van der Waals surface area contributed by atoms with Gasteiger partial charge in [-0.1, -0.05) is 30.7 Å². The minimum absolute atomic E-state index is 0.558. The maximum Gasteiger partial charge on any atom is 0.0512 e. The van der Waals surface area contributed by atoms with Crippen molar-refractivity contribution in [2.45, 2.75) is 25.8 Å². The lowest BCUT2D eigenvalue weighted by molar-refractivity contribution is 0.0327. The summed E-state index contributed by atoms with van der Waals surface area (Å²) in [7, 11) is 0. The maximum atomic E-state index is 6.01. The molecule has 1 fully saturated rings. The van der Waals surface area contributed by atoms with Crippen LogP contribution in [0.15, 0.2) is 24.3 Å². The summed E-state index contributed by atoms with van der Waals surface area (Å²) in [4.78, 5) is 0. The van der Waals surface area contributed by atoms with E-state index < -0.39 is 0 Å². The van der Waals surface area contributed by atoms with Gasteiger partial charge in [0.1, 0.15) is 0 Å². The van der Waals surface area contributed by atoms with Crippen LogP contribution in [-0.4, -0.2) is 25.8 Å². The molecule has 2 atom stereocenters. The molecule has 1 saturated heterocycles. The summed E-state index contributed by atoms with van der Waals surface area (Å²) < 4.78 is 5.59. The fourth-order valence-corrected chi connectivity index (χ4v) is 2.71. The standard InChI is InChI=1S/C14H20ClNO/c1-2-16-14-6-7-17-10-12(14)8-11-4-3-5-13(15)9-11/h3-5,9,12,14,16H,2,6-8,10H2,1H3/t12-,14-/m0/s1. The predicted molar refractivity (Wildman–Crippen MR) is 71.5 cm³/mol. The van der Waals surface area contributed by atoms with Crippen LogP contribution >= 0.6 is 11.6 Å². The molecule has 0 saturated carbocycles. The number of nitrogens with one attached hydrogen (secondary N) is 1. The summed E-state index contributed by atoms with van der Waals surface area (Å²) >= 11 is 6.01. The van der Waals surface area contributed by atoms with Crippen LogP contribution in [0.3, 0.4) is 0 Å². The lowest BCUT2D eigenvalue weighted by atomic mass is 9.89. The Kier molecular flexibility index (Phi) is 4.84. The molecule has 3 heteroatoms. The van der Waals surface area contributed by atoms with Crippen molar-refractivity contribution in [3.63, 3.8) is 0 Å². The molecule has 0 aromatic heterocycles. The number of ether oxygens (including phenoxy) is 1. The van der Waals surface area contributed by atoms with E-state index in [-0.39, 0.29) is 0 Å². The highest BCUT2D eigenvalue weighted by molar-refractivity contribution is 6.30. The van der Waals surface area contributed by atoms with Crippen LogP contribution in [0.2, 0.25) is 5.02 Å². The maximum absolute atomic E-state index is 6.01. The summed E-state index contributed by atoms with van der Waals surface area (Å²) in [6, 6.07) is 8.71. The Bertz CT molecular complexity index is 354. The molecule has 1 aromatic rings. The van der Waals surface area contributed by atoms with Gasteiger partial charge in [-0.2, -0.15) is 0 Å². The van der Waals surface area contributed by atoms with Gasteiger partial charge in [0, 0.05) is 23.6 Å². The Morgan fingerprint density at radius 1 is 1.47 bits per heavy atom. The van der Waals surface area contributed by atoms with Crippen molar-refractivity contribution in [1.82, 2.24) is 5.32 Å². The fraction of sp³-hybridized carbons (Fsp3) is 0.571. The Balaban J connectivity index is 2.00. The molecule has 1 N–H and O–H groups in total. The summed E-state index contributed by atoms with van der Waals surface area (Å²) in [5.41, 5.74) is 1.30. The highest BCUT2D eigenvalue weighted by atomic mass is 35.5. The number of hydrogen-bond donors (Lipinski definition) is 1. The van der Waals surface area contributed by atoms with Gasteiger partial charge in [-0.15, -0.1) is 0 Å². The SMILES string of the molecule is CCN[C@H]1CCOC[C@@H]1Cc1cccc(Cl)c1. The van der Waals surface area contributed by atoms with Gasteiger partial charge in [0.2, 0.25) is 0 Å². The van der Waals surface area contributed by atoms with Crippen molar-refractivity contribution in [3.05, 3.63) is 34.9 Å². The summed E-state index contributed by atoms with van der Waals surface area (Å²) in [6.45, 7) is 4.91. The second kappa shape index (κ2) is 6.39. The van der Waals surface area contributed by atoms with E-state index in [9.17, 15) is 0 Å². The van der Waals surface area contributed by atoms with E-state index in [1.165, 1.54) is 5.56 Å². The van der Waals surface area contributed by atoms with Gasteiger partial charge < -0.3 is 10.1 Å². The van der Waals surface area contributed by atoms with Crippen molar-refractivity contribution >= 4 is 11.6 Å². The molecule has 1 aromatic carbocycles. The first kappa shape index (κ1) is 12.9. The summed E-state index contributed by atoms with van der Waals surface area (Å²) in [5, 5.41) is 4.38. The van der Waals surface area contributed by atoms with Gasteiger partial charge in [0.05, 0.1) is 6.61 Å². The van der Waals surface area contributed by atoms with Gasteiger partial charge in [0.15, 0.2) is 0 Å². The number of benzene rings is 1. The Hall–Kier alpha value is -0.570. The number of rotatable bonds is 4. The van der Waals surface area contributed by atoms with Crippen LogP contribution in [0.1, 0.15) is 18.9 Å². The molecule has 1 aliphatic rings. The highest BCUT2D eigenvalue weighted by Crippen LogP contribution is 2.21. The molecular formula is C14H20ClNO. The number of hydrogen-bond acceptors (Lipinski definition) is 2. The zero-order chi connectivity index (χ0) is 12.1. The second-order valence-corrected chi connectivity index (χ2v) is 5.06. The van der Waals surface area contributed by atoms with E-state index >= 15 is 0 Å². The average Bonchev–Trinajstić information content (AvgIpc) is 2.32. The third-order valence-corrected chi connectivity index (χ3v) is 3.56. The van der Waals surface area contributed by atoms with Gasteiger partial charge in [-0.25, -0.2) is 0 Å². The topological polar surface area (TPSA) is 21.3 Å². The first-order valence-corrected chi connectivity index (χ1v) is 6.73. The third-order valence-electron chi connectivity index (χ3n) is 3.33. The lowest BCUT2D eigenvalue weighted by Gasteiger charge is -2.32. The smallest absolute Gasteiger partial charge is 0.0512 e. The summed E-state index contributed by atoms with van der Waals surface area (Å²) in [5.74, 6) is 0.558. The van der Waals surface area contributed by atoms with Gasteiger partial charge in [0.25, 0.3) is 0 Å². The summed E-state index contributed by atoms with van der Waals surface area (Å²) in [6.07, 6.45) is 2.15. The van der Waals surface area contributed by atoms with Crippen molar-refractivity contribution in [2.75, 3.05) is 19.8 Å². The van der Waals surface area contributed by atoms with Crippen molar-refractivity contribution in [3.8, 4) is 0 Å². The van der Waals surface area contributed by atoms with Crippen LogP contribution in [-0.2, 0) is 11.2 Å². The Labute approximate surface area is 108 Å². The first-order chi connectivity index (χ1) is 8.29. The van der Waals surface area contributed by atoms with Gasteiger partial charge in [-0.3, -0.25) is 0 Å². The Morgan fingerprint density at radius 2 is 2.35 bits per heavy atom. The second-order valence-electron chi connectivity index (χ2n) is 4.62. The van der Waals surface area contributed by atoms with Crippen molar-refractivity contribution in [2.24, 2.45) is 5.92 Å². The zero-order valence-electron chi connectivity index (χ0n) is 10.3. The van der Waals surface area contributed by atoms with E-state index in [2.05, 4.69) is 24.4 Å². The van der Waals surface area contributed by atoms with Crippen molar-refractivity contribution < 1.29 is 4.74 Å². The number of halogens is 1. The zero-order valence-corrected chi connectivity index (χ0v) is 11.0. The van der Waals surface area contributed by atoms with Crippen molar-refractivity contribution in [1.29, 1.82) is 0 Å². The molecule has 0 unspecified atom stereocenters. The molecule has 1 heterocycles. The van der Waals surface area contributed by atoms with Crippen LogP contribution in [0, 0.1) is 5.92 Å². The fourth-order valence-electron chi connectivity index (χ4n) is 2.50. The van der Waals surface area contributed by atoms with E-state index in [0.29, 0.717) is 12.0 Å². The normalized spacial score (nSPS) is 24.8. The van der Waals surface area contributed by atoms with E-state index in [1.54, 1.807) is 0 Å². The third kappa shape index (κ3) is 3.70.